The summed E-state index contributed by atoms with van der Waals surface area (Å²) in [4.78, 5) is 8.34. The van der Waals surface area contributed by atoms with Gasteiger partial charge in [-0.15, -0.1) is 34.2 Å². The zero-order valence-corrected chi connectivity index (χ0v) is 18.5. The molecule has 0 bridgehead atoms. The summed E-state index contributed by atoms with van der Waals surface area (Å²) in [6.45, 7) is 4.86. The fraction of sp³-hybridized carbons (Fsp3) is 0.467. The molecule has 0 unspecified atom stereocenters. The third-order valence-corrected chi connectivity index (χ3v) is 3.89. The Hall–Kier alpha value is -1.33. The van der Waals surface area contributed by atoms with Crippen LogP contribution in [0.5, 0.6) is 0 Å². The van der Waals surface area contributed by atoms with Gasteiger partial charge in [0, 0.05) is 45.8 Å². The van der Waals surface area contributed by atoms with Crippen LogP contribution in [0, 0.1) is 0 Å². The maximum atomic E-state index is 6.06. The molecule has 2 aromatic heterocycles. The Balaban J connectivity index is 0.00000338. The molecule has 0 aliphatic heterocycles. The third-order valence-electron chi connectivity index (χ3n) is 3.40. The summed E-state index contributed by atoms with van der Waals surface area (Å²) in [5.74, 6) is 2.31. The monoisotopic (exact) mass is 512 g/mol. The van der Waals surface area contributed by atoms with E-state index in [2.05, 4.69) is 43.0 Å². The lowest BCUT2D eigenvalue weighted by Crippen LogP contribution is -2.40. The smallest absolute Gasteiger partial charge is 0.191 e. The van der Waals surface area contributed by atoms with Gasteiger partial charge in [-0.3, -0.25) is 4.99 Å². The van der Waals surface area contributed by atoms with Gasteiger partial charge < -0.3 is 20.5 Å². The number of guanidine groups is 1. The molecule has 11 heteroatoms. The molecule has 0 spiro atoms. The highest BCUT2D eigenvalue weighted by molar-refractivity contribution is 14.0. The molecule has 0 saturated carbocycles. The molecule has 0 radical (unpaired) electrons. The third kappa shape index (κ3) is 7.12. The molecule has 0 fully saturated rings. The summed E-state index contributed by atoms with van der Waals surface area (Å²) < 4.78 is 2.02. The standard InChI is InChI=1S/C15H22Cl2N8.HI/c1-3-13-24-23-10-25(13)7-6-21-15(18-2)20-5-4-19-14-12(17)8-11(16)9-22-14;/h8-10H,3-7H2,1-2H3,(H,19,22)(H2,18,20,21);1H. The zero-order valence-electron chi connectivity index (χ0n) is 14.7. The Bertz CT molecular complexity index is 707. The van der Waals surface area contributed by atoms with Crippen LogP contribution in [0.4, 0.5) is 5.82 Å². The van der Waals surface area contributed by atoms with E-state index in [9.17, 15) is 0 Å². The van der Waals surface area contributed by atoms with E-state index in [1.54, 1.807) is 25.6 Å². The number of hydrogen-bond acceptors (Lipinski definition) is 5. The molecular weight excluding hydrogens is 490 g/mol. The number of hydrogen-bond donors (Lipinski definition) is 3. The Morgan fingerprint density at radius 2 is 2.00 bits per heavy atom. The van der Waals surface area contributed by atoms with Gasteiger partial charge in [-0.1, -0.05) is 30.1 Å². The molecule has 0 atom stereocenters. The van der Waals surface area contributed by atoms with Crippen molar-refractivity contribution in [2.45, 2.75) is 19.9 Å². The molecule has 3 N–H and O–H groups in total. The first-order valence-corrected chi connectivity index (χ1v) is 8.75. The zero-order chi connectivity index (χ0) is 18.1. The van der Waals surface area contributed by atoms with Crippen LogP contribution in [0.3, 0.4) is 0 Å². The van der Waals surface area contributed by atoms with E-state index in [-0.39, 0.29) is 24.0 Å². The first-order valence-electron chi connectivity index (χ1n) is 8.00. The van der Waals surface area contributed by atoms with Crippen LogP contribution in [-0.4, -0.2) is 52.4 Å². The van der Waals surface area contributed by atoms with E-state index >= 15 is 0 Å². The summed E-state index contributed by atoms with van der Waals surface area (Å²) in [5, 5.41) is 18.6. The number of anilines is 1. The number of rotatable bonds is 8. The number of halogens is 3. The number of aliphatic imine (C=N–C) groups is 1. The predicted molar refractivity (Wildman–Crippen MR) is 117 cm³/mol. The molecule has 0 aliphatic carbocycles. The lowest BCUT2D eigenvalue weighted by molar-refractivity contribution is 0.633. The van der Waals surface area contributed by atoms with E-state index < -0.39 is 0 Å². The second-order valence-corrected chi connectivity index (χ2v) is 5.97. The lowest BCUT2D eigenvalue weighted by Gasteiger charge is -2.13. The van der Waals surface area contributed by atoms with E-state index in [0.29, 0.717) is 29.0 Å². The minimum Gasteiger partial charge on any atom is -0.367 e. The van der Waals surface area contributed by atoms with Crippen molar-refractivity contribution in [1.82, 2.24) is 30.4 Å². The van der Waals surface area contributed by atoms with Gasteiger partial charge in [-0.2, -0.15) is 0 Å². The highest BCUT2D eigenvalue weighted by Gasteiger charge is 2.04. The van der Waals surface area contributed by atoms with E-state index in [4.69, 9.17) is 23.2 Å². The molecule has 0 saturated heterocycles. The van der Waals surface area contributed by atoms with Crippen LogP contribution in [0.25, 0.3) is 0 Å². The van der Waals surface area contributed by atoms with Crippen molar-refractivity contribution in [2.75, 3.05) is 32.0 Å². The molecule has 144 valence electrons. The Morgan fingerprint density at radius 3 is 2.69 bits per heavy atom. The van der Waals surface area contributed by atoms with Crippen molar-refractivity contribution >= 4 is 59.0 Å². The van der Waals surface area contributed by atoms with E-state index in [0.717, 1.165) is 31.3 Å². The van der Waals surface area contributed by atoms with Gasteiger partial charge in [0.25, 0.3) is 0 Å². The SMILES string of the molecule is CCc1nncn1CCNC(=NC)NCCNc1ncc(Cl)cc1Cl.I. The summed E-state index contributed by atoms with van der Waals surface area (Å²) in [5.41, 5.74) is 0. The summed E-state index contributed by atoms with van der Waals surface area (Å²) in [6, 6.07) is 1.65. The first-order chi connectivity index (χ1) is 12.1. The van der Waals surface area contributed by atoms with Crippen LogP contribution in [0.1, 0.15) is 12.7 Å². The number of aryl methyl sites for hydroxylation is 1. The lowest BCUT2D eigenvalue weighted by atomic mass is 10.4. The van der Waals surface area contributed by atoms with Crippen molar-refractivity contribution in [3.8, 4) is 0 Å². The Morgan fingerprint density at radius 1 is 1.23 bits per heavy atom. The van der Waals surface area contributed by atoms with Crippen LogP contribution in [-0.2, 0) is 13.0 Å². The molecule has 8 nitrogen and oxygen atoms in total. The van der Waals surface area contributed by atoms with Gasteiger partial charge in [0.1, 0.15) is 18.0 Å². The Labute approximate surface area is 180 Å². The number of nitrogens with one attached hydrogen (secondary N) is 3. The molecular formula is C15H23Cl2IN8. The summed E-state index contributed by atoms with van der Waals surface area (Å²) in [7, 11) is 1.73. The second-order valence-electron chi connectivity index (χ2n) is 5.13. The van der Waals surface area contributed by atoms with Gasteiger partial charge in [0.15, 0.2) is 5.96 Å². The van der Waals surface area contributed by atoms with Crippen molar-refractivity contribution < 1.29 is 0 Å². The quantitative estimate of drug-likeness (QED) is 0.218. The average Bonchev–Trinajstić information content (AvgIpc) is 3.06. The highest BCUT2D eigenvalue weighted by Crippen LogP contribution is 2.21. The minimum atomic E-state index is 0. The number of nitrogens with zero attached hydrogens (tertiary/aromatic N) is 5. The van der Waals surface area contributed by atoms with E-state index in [1.165, 1.54) is 0 Å². The van der Waals surface area contributed by atoms with Crippen LogP contribution in [0.15, 0.2) is 23.6 Å². The predicted octanol–water partition coefficient (Wildman–Crippen LogP) is 2.44. The maximum Gasteiger partial charge on any atom is 0.191 e. The molecule has 0 aliphatic rings. The van der Waals surface area contributed by atoms with Gasteiger partial charge in [-0.05, 0) is 6.07 Å². The van der Waals surface area contributed by atoms with Crippen molar-refractivity contribution in [3.63, 3.8) is 0 Å². The Kier molecular flexibility index (Phi) is 10.6. The van der Waals surface area contributed by atoms with Gasteiger partial charge in [-0.25, -0.2) is 4.98 Å². The maximum absolute atomic E-state index is 6.06. The fourth-order valence-electron chi connectivity index (χ4n) is 2.16. The highest BCUT2D eigenvalue weighted by atomic mass is 127. The molecule has 0 aromatic carbocycles. The van der Waals surface area contributed by atoms with Gasteiger partial charge in [0.05, 0.1) is 10.0 Å². The molecule has 0 amide bonds. The summed E-state index contributed by atoms with van der Waals surface area (Å²) in [6.07, 6.45) is 4.16. The first kappa shape index (κ1) is 22.7. The van der Waals surface area contributed by atoms with Crippen molar-refractivity contribution in [3.05, 3.63) is 34.5 Å². The van der Waals surface area contributed by atoms with Crippen molar-refractivity contribution in [1.29, 1.82) is 0 Å². The van der Waals surface area contributed by atoms with Crippen molar-refractivity contribution in [2.24, 2.45) is 4.99 Å². The second kappa shape index (κ2) is 12.1. The minimum absolute atomic E-state index is 0. The van der Waals surface area contributed by atoms with Crippen LogP contribution >= 0.6 is 47.2 Å². The molecule has 2 heterocycles. The average molecular weight is 513 g/mol. The van der Waals surface area contributed by atoms with Crippen LogP contribution in [0.2, 0.25) is 10.0 Å². The topological polar surface area (TPSA) is 92.0 Å². The van der Waals surface area contributed by atoms with E-state index in [1.807, 2.05) is 4.57 Å². The van der Waals surface area contributed by atoms with Crippen LogP contribution < -0.4 is 16.0 Å². The van der Waals surface area contributed by atoms with Gasteiger partial charge >= 0.3 is 0 Å². The fourth-order valence-corrected chi connectivity index (χ4v) is 2.61. The molecule has 2 aromatic rings. The summed E-state index contributed by atoms with van der Waals surface area (Å²) >= 11 is 11.9. The number of pyridine rings is 1. The van der Waals surface area contributed by atoms with Gasteiger partial charge in [0.2, 0.25) is 0 Å². The largest absolute Gasteiger partial charge is 0.367 e. The normalized spacial score (nSPS) is 11.0. The molecule has 26 heavy (non-hydrogen) atoms. The number of aromatic nitrogens is 4. The molecule has 2 rings (SSSR count).